The van der Waals surface area contributed by atoms with E-state index in [4.69, 9.17) is 7.73 Å². The van der Waals surface area contributed by atoms with E-state index in [9.17, 15) is 12.3 Å². The van der Waals surface area contributed by atoms with Crippen molar-refractivity contribution in [2.45, 2.75) is 130 Å². The molecule has 0 bridgehead atoms. The molecule has 2 aliphatic heterocycles. The molecule has 0 atom stereocenters. The molecule has 56 heavy (non-hydrogen) atoms. The number of benzene rings is 4. The van der Waals surface area contributed by atoms with Crippen LogP contribution in [-0.4, -0.2) is 11.7 Å². The molecule has 0 fully saturated rings. The monoisotopic (exact) mass is 767 g/mol. The minimum absolute atomic E-state index is 0.0225. The third-order valence-electron chi connectivity index (χ3n) is 12.1. The average molecular weight is 767 g/mol. The number of anilines is 6. The number of rotatable bonds is 2. The molecule has 2 aromatic heterocycles. The number of hydrogen-bond donors (Lipinski definition) is 0. The Balaban J connectivity index is 1.55. The lowest BCUT2D eigenvalue weighted by atomic mass is 9.36. The number of fused-ring (bicyclic) bond motifs is 7. The third-order valence-corrected chi connectivity index (χ3v) is 13.3. The van der Waals surface area contributed by atoms with E-state index in [1.54, 1.807) is 0 Å². The van der Waals surface area contributed by atoms with Gasteiger partial charge in [-0.05, 0) is 110 Å². The van der Waals surface area contributed by atoms with Crippen LogP contribution >= 0.6 is 11.3 Å². The van der Waals surface area contributed by atoms with Crippen LogP contribution in [0.4, 0.5) is 34.3 Å². The van der Waals surface area contributed by atoms with Crippen LogP contribution in [0.2, 0.25) is 0 Å². The minimum Gasteiger partial charge on any atom is -0.310 e. The molecule has 0 spiro atoms. The quantitative estimate of drug-likeness (QED) is 0.163. The number of thiophene rings is 1. The van der Waals surface area contributed by atoms with Gasteiger partial charge in [-0.2, -0.15) is 0 Å². The minimum atomic E-state index is -0.905. The lowest BCUT2D eigenvalue weighted by Gasteiger charge is -2.45. The van der Waals surface area contributed by atoms with Gasteiger partial charge in [0.15, 0.2) is 0 Å². The van der Waals surface area contributed by atoms with Crippen molar-refractivity contribution in [2.75, 3.05) is 9.80 Å². The van der Waals surface area contributed by atoms with Crippen molar-refractivity contribution in [3.63, 3.8) is 0 Å². The largest absolute Gasteiger partial charge is 0.310 e. The summed E-state index contributed by atoms with van der Waals surface area (Å²) in [6, 6.07) is 5.70. The predicted octanol–water partition coefficient (Wildman–Crippen LogP) is 12.6. The van der Waals surface area contributed by atoms with E-state index in [1.807, 2.05) is 68.4 Å². The first-order valence-electron chi connectivity index (χ1n) is 25.3. The van der Waals surface area contributed by atoms with E-state index in [0.29, 0.717) is 48.4 Å². The lowest BCUT2D eigenvalue weighted by Crippen LogP contribution is -2.61. The first-order valence-corrected chi connectivity index (χ1v) is 20.7. The molecular formula is C51H58BN3S. The van der Waals surface area contributed by atoms with Gasteiger partial charge in [0.1, 0.15) is 5.82 Å². The molecule has 9 rings (SSSR count). The Morgan fingerprint density at radius 1 is 0.679 bits per heavy atom. The van der Waals surface area contributed by atoms with Crippen LogP contribution in [0.3, 0.4) is 0 Å². The third kappa shape index (κ3) is 5.70. The van der Waals surface area contributed by atoms with Gasteiger partial charge in [-0.25, -0.2) is 4.98 Å². The first kappa shape index (κ1) is 26.6. The molecule has 0 saturated carbocycles. The Morgan fingerprint density at radius 2 is 1.32 bits per heavy atom. The summed E-state index contributed by atoms with van der Waals surface area (Å²) in [4.78, 5) is 9.02. The SMILES string of the molecule is [2H]c1c([2H])c(C(C)(C)C)c([2H])c([2H])c1N1c2nc(C(C)(C)C)cc3c2B(c2sc4c([2H])c([2H])c([2H])c([2H])c4c2N3c2ccc3c(c2)C(C)(C)CCC3(C)C)c2c([2H])c(C(C)(C)C)c([2H])c([2H])c21. The lowest BCUT2D eigenvalue weighted by molar-refractivity contribution is 0.332. The van der Waals surface area contributed by atoms with Crippen molar-refractivity contribution in [1.82, 2.24) is 4.98 Å². The van der Waals surface area contributed by atoms with Gasteiger partial charge < -0.3 is 4.90 Å². The fourth-order valence-electron chi connectivity index (χ4n) is 8.59. The standard InChI is InChI=1S/C51H58BN3S/c1-47(2,3)31-18-21-33(22-19-31)55-39-25-20-32(48(4,5)6)28-38(39)52-43-40(30-42(49(7,8)9)53-46(43)55)54(44-35-16-14-15-17-41(35)56-45(44)52)34-23-24-36-37(29-34)51(12,13)27-26-50(36,10)11/h14-25,28-30H,26-27H2,1-13H3/i14D,15D,16D,17D,18D,19D,20D,21D,22D,25D,28D. The second kappa shape index (κ2) is 12.1. The molecular weight excluding hydrogens is 697 g/mol. The maximum Gasteiger partial charge on any atom is 0.266 e. The first-order chi connectivity index (χ1) is 30.8. The molecule has 4 heterocycles. The van der Waals surface area contributed by atoms with Gasteiger partial charge in [-0.15, -0.1) is 11.3 Å². The van der Waals surface area contributed by atoms with Crippen molar-refractivity contribution in [3.05, 3.63) is 119 Å². The van der Waals surface area contributed by atoms with Crippen molar-refractivity contribution in [2.24, 2.45) is 0 Å². The zero-order chi connectivity index (χ0) is 49.5. The van der Waals surface area contributed by atoms with Crippen molar-refractivity contribution in [1.29, 1.82) is 0 Å². The molecule has 0 amide bonds. The number of nitrogens with zero attached hydrogens (tertiary/aromatic N) is 3. The maximum absolute atomic E-state index is 10.3. The van der Waals surface area contributed by atoms with Crippen LogP contribution in [0.25, 0.3) is 10.1 Å². The van der Waals surface area contributed by atoms with E-state index < -0.39 is 23.0 Å². The van der Waals surface area contributed by atoms with Gasteiger partial charge in [0.2, 0.25) is 0 Å². The topological polar surface area (TPSA) is 19.4 Å². The van der Waals surface area contributed by atoms with Crippen LogP contribution < -0.4 is 25.5 Å². The second-order valence-electron chi connectivity index (χ2n) is 20.4. The van der Waals surface area contributed by atoms with Crippen LogP contribution in [-0.2, 0) is 27.1 Å². The fraction of sp³-hybridized carbons (Fsp3) is 0.392. The highest BCUT2D eigenvalue weighted by molar-refractivity contribution is 7.33. The van der Waals surface area contributed by atoms with Crippen LogP contribution in [0.5, 0.6) is 0 Å². The summed E-state index contributed by atoms with van der Waals surface area (Å²) in [5.41, 5.74) is 3.72. The smallest absolute Gasteiger partial charge is 0.266 e. The highest BCUT2D eigenvalue weighted by Gasteiger charge is 2.47. The van der Waals surface area contributed by atoms with E-state index in [-0.39, 0.29) is 100 Å². The molecule has 3 aliphatic rings. The Morgan fingerprint density at radius 3 is 1.98 bits per heavy atom. The Kier molecular flexibility index (Phi) is 5.73. The number of hydrogen-bond acceptors (Lipinski definition) is 4. The Hall–Kier alpha value is -4.35. The van der Waals surface area contributed by atoms with Crippen molar-refractivity contribution in [3.8, 4) is 0 Å². The van der Waals surface area contributed by atoms with E-state index in [1.165, 1.54) is 27.4 Å². The summed E-state index contributed by atoms with van der Waals surface area (Å²) in [6.45, 7) is 25.4. The molecule has 4 aromatic carbocycles. The highest BCUT2D eigenvalue weighted by Crippen LogP contribution is 2.52. The highest BCUT2D eigenvalue weighted by atomic mass is 32.1. The summed E-state index contributed by atoms with van der Waals surface area (Å²) in [5.74, 6) is 0.229. The molecule has 0 radical (unpaired) electrons. The summed E-state index contributed by atoms with van der Waals surface area (Å²) in [5, 5.41) is 0.330. The Labute approximate surface area is 355 Å². The predicted molar refractivity (Wildman–Crippen MR) is 245 cm³/mol. The average Bonchev–Trinajstić information content (AvgIpc) is 3.61. The summed E-state index contributed by atoms with van der Waals surface area (Å²) < 4.78 is 106. The second-order valence-corrected chi connectivity index (χ2v) is 21.4. The molecule has 0 unspecified atom stereocenters. The van der Waals surface area contributed by atoms with Gasteiger partial charge >= 0.3 is 0 Å². The van der Waals surface area contributed by atoms with Crippen LogP contribution in [0, 0.1) is 0 Å². The van der Waals surface area contributed by atoms with Gasteiger partial charge in [0.05, 0.1) is 26.5 Å². The van der Waals surface area contributed by atoms with Crippen molar-refractivity contribution >= 4 is 78.1 Å². The van der Waals surface area contributed by atoms with E-state index >= 15 is 0 Å². The van der Waals surface area contributed by atoms with Gasteiger partial charge in [0, 0.05) is 43.0 Å². The summed E-state index contributed by atoms with van der Waals surface area (Å²) >= 11 is 1.22. The fourth-order valence-corrected chi connectivity index (χ4v) is 9.81. The van der Waals surface area contributed by atoms with E-state index in [2.05, 4.69) is 50.8 Å². The molecule has 5 heteroatoms. The van der Waals surface area contributed by atoms with Crippen molar-refractivity contribution < 1.29 is 15.1 Å². The van der Waals surface area contributed by atoms with Crippen LogP contribution in [0.15, 0.2) is 90.7 Å². The normalized spacial score (nSPS) is 19.8. The maximum atomic E-state index is 10.3. The zero-order valence-corrected chi connectivity index (χ0v) is 35.9. The molecule has 286 valence electrons. The van der Waals surface area contributed by atoms with Gasteiger partial charge in [-0.3, -0.25) is 4.90 Å². The molecule has 1 aliphatic carbocycles. The molecule has 3 nitrogen and oxygen atoms in total. The van der Waals surface area contributed by atoms with E-state index in [0.717, 1.165) is 18.5 Å². The van der Waals surface area contributed by atoms with Crippen LogP contribution in [0.1, 0.15) is 146 Å². The van der Waals surface area contributed by atoms with Gasteiger partial charge in [-0.1, -0.05) is 138 Å². The Bertz CT molecular complexity index is 3160. The molecule has 6 aromatic rings. The molecule has 0 saturated heterocycles. The number of pyridine rings is 1. The molecule has 0 N–H and O–H groups in total. The number of aromatic nitrogens is 1. The van der Waals surface area contributed by atoms with Gasteiger partial charge in [0.25, 0.3) is 6.71 Å². The summed E-state index contributed by atoms with van der Waals surface area (Å²) in [7, 11) is 0. The zero-order valence-electron chi connectivity index (χ0n) is 46.1. The summed E-state index contributed by atoms with van der Waals surface area (Å²) in [6.07, 6.45) is 1.96.